The number of hydrogen-bond acceptors (Lipinski definition) is 6. The zero-order chi connectivity index (χ0) is 13.9. The fourth-order valence-corrected chi connectivity index (χ4v) is 2.83. The highest BCUT2D eigenvalue weighted by molar-refractivity contribution is 5.45. The molecule has 20 heavy (non-hydrogen) atoms. The first-order valence-corrected chi connectivity index (χ1v) is 7.44. The van der Waals surface area contributed by atoms with Crippen LogP contribution in [0, 0.1) is 6.92 Å². The van der Waals surface area contributed by atoms with Gasteiger partial charge in [0.05, 0.1) is 6.61 Å². The molecule has 0 atom stereocenters. The Balaban J connectivity index is 1.61. The highest BCUT2D eigenvalue weighted by atomic mass is 16.5. The molecule has 0 amide bonds. The van der Waals surface area contributed by atoms with E-state index in [2.05, 4.69) is 25.1 Å². The highest BCUT2D eigenvalue weighted by Gasteiger charge is 2.33. The summed E-state index contributed by atoms with van der Waals surface area (Å²) in [6.07, 6.45) is 0. The fraction of sp³-hybridized carbons (Fsp3) is 0.714. The van der Waals surface area contributed by atoms with Gasteiger partial charge in [0.15, 0.2) is 0 Å². The topological polar surface area (TPSA) is 53.5 Å². The number of anilines is 1. The second kappa shape index (κ2) is 5.93. The molecule has 6 heteroatoms. The van der Waals surface area contributed by atoms with E-state index in [1.807, 2.05) is 19.9 Å². The lowest BCUT2D eigenvalue weighted by molar-refractivity contribution is 0.147. The predicted molar refractivity (Wildman–Crippen MR) is 78.4 cm³/mol. The van der Waals surface area contributed by atoms with Gasteiger partial charge in [0.2, 0.25) is 5.88 Å². The molecule has 2 aliphatic rings. The Bertz CT molecular complexity index is 455. The van der Waals surface area contributed by atoms with Crippen LogP contribution in [0.5, 0.6) is 5.88 Å². The van der Waals surface area contributed by atoms with E-state index in [0.29, 0.717) is 18.5 Å². The summed E-state index contributed by atoms with van der Waals surface area (Å²) in [5.74, 6) is 2.45. The highest BCUT2D eigenvalue weighted by Crippen LogP contribution is 2.24. The van der Waals surface area contributed by atoms with Crippen LogP contribution in [0.4, 0.5) is 5.82 Å². The number of ether oxygens (including phenoxy) is 1. The van der Waals surface area contributed by atoms with E-state index >= 15 is 0 Å². The van der Waals surface area contributed by atoms with Crippen LogP contribution in [0.15, 0.2) is 6.07 Å². The summed E-state index contributed by atoms with van der Waals surface area (Å²) in [5.41, 5.74) is 0. The van der Waals surface area contributed by atoms with Crippen molar-refractivity contribution in [2.24, 2.45) is 0 Å². The second-order valence-electron chi connectivity index (χ2n) is 5.39. The largest absolute Gasteiger partial charge is 0.478 e. The number of hydrogen-bond donors (Lipinski definition) is 1. The van der Waals surface area contributed by atoms with Gasteiger partial charge in [-0.05, 0) is 13.8 Å². The summed E-state index contributed by atoms with van der Waals surface area (Å²) in [7, 11) is 0. The standard InChI is InChI=1S/C14H23N5O/c1-3-20-14-8-13(16-11(2)17-14)19-9-12(10-19)18-6-4-15-5-7-18/h8,12,15H,3-7,9-10H2,1-2H3. The van der Waals surface area contributed by atoms with E-state index in [1.165, 1.54) is 0 Å². The van der Waals surface area contributed by atoms with Crippen LogP contribution < -0.4 is 15.0 Å². The smallest absolute Gasteiger partial charge is 0.218 e. The van der Waals surface area contributed by atoms with E-state index in [9.17, 15) is 0 Å². The molecule has 0 aromatic carbocycles. The summed E-state index contributed by atoms with van der Waals surface area (Å²) in [4.78, 5) is 13.7. The molecule has 0 radical (unpaired) electrons. The lowest BCUT2D eigenvalue weighted by atomic mass is 10.1. The molecule has 2 fully saturated rings. The van der Waals surface area contributed by atoms with Gasteiger partial charge in [0, 0.05) is 51.4 Å². The second-order valence-corrected chi connectivity index (χ2v) is 5.39. The zero-order valence-corrected chi connectivity index (χ0v) is 12.3. The quantitative estimate of drug-likeness (QED) is 0.853. The van der Waals surface area contributed by atoms with Gasteiger partial charge in [-0.25, -0.2) is 4.98 Å². The maximum absolute atomic E-state index is 5.49. The SMILES string of the molecule is CCOc1cc(N2CC(N3CCNCC3)C2)nc(C)n1. The summed E-state index contributed by atoms with van der Waals surface area (Å²) in [6.45, 7) is 11.2. The summed E-state index contributed by atoms with van der Waals surface area (Å²) in [6, 6.07) is 2.62. The monoisotopic (exact) mass is 277 g/mol. The normalized spacial score (nSPS) is 20.8. The van der Waals surface area contributed by atoms with Gasteiger partial charge in [-0.3, -0.25) is 4.90 Å². The van der Waals surface area contributed by atoms with Crippen LogP contribution in [0.3, 0.4) is 0 Å². The number of rotatable bonds is 4. The van der Waals surface area contributed by atoms with Gasteiger partial charge in [0.1, 0.15) is 11.6 Å². The Labute approximate surface area is 120 Å². The van der Waals surface area contributed by atoms with Gasteiger partial charge >= 0.3 is 0 Å². The molecule has 1 N–H and O–H groups in total. The number of piperazine rings is 1. The van der Waals surface area contributed by atoms with E-state index < -0.39 is 0 Å². The molecule has 1 aromatic heterocycles. The van der Waals surface area contributed by atoms with E-state index in [0.717, 1.165) is 50.9 Å². The Kier molecular flexibility index (Phi) is 4.03. The minimum atomic E-state index is 0.638. The first-order chi connectivity index (χ1) is 9.76. The lowest BCUT2D eigenvalue weighted by Crippen LogP contribution is -2.63. The minimum absolute atomic E-state index is 0.638. The van der Waals surface area contributed by atoms with Crippen LogP contribution >= 0.6 is 0 Å². The number of nitrogens with zero attached hydrogens (tertiary/aromatic N) is 4. The minimum Gasteiger partial charge on any atom is -0.478 e. The molecule has 0 spiro atoms. The van der Waals surface area contributed by atoms with Crippen molar-refractivity contribution in [3.63, 3.8) is 0 Å². The van der Waals surface area contributed by atoms with Crippen LogP contribution in [0.1, 0.15) is 12.7 Å². The van der Waals surface area contributed by atoms with Gasteiger partial charge in [-0.2, -0.15) is 4.98 Å². The Morgan fingerprint density at radius 3 is 2.75 bits per heavy atom. The van der Waals surface area contributed by atoms with Crippen molar-refractivity contribution in [2.75, 3.05) is 50.8 Å². The van der Waals surface area contributed by atoms with Gasteiger partial charge in [0.25, 0.3) is 0 Å². The predicted octanol–water partition coefficient (Wildman–Crippen LogP) is 0.278. The van der Waals surface area contributed by atoms with E-state index in [1.54, 1.807) is 0 Å². The number of aromatic nitrogens is 2. The molecular formula is C14H23N5O. The molecular weight excluding hydrogens is 254 g/mol. The summed E-state index contributed by atoms with van der Waals surface area (Å²) >= 11 is 0. The van der Waals surface area contributed by atoms with Crippen molar-refractivity contribution in [1.29, 1.82) is 0 Å². The molecule has 110 valence electrons. The maximum Gasteiger partial charge on any atom is 0.218 e. The van der Waals surface area contributed by atoms with Crippen molar-refractivity contribution >= 4 is 5.82 Å². The molecule has 0 aliphatic carbocycles. The summed E-state index contributed by atoms with van der Waals surface area (Å²) < 4.78 is 5.49. The van der Waals surface area contributed by atoms with Crippen molar-refractivity contribution in [3.05, 3.63) is 11.9 Å². The zero-order valence-electron chi connectivity index (χ0n) is 12.3. The molecule has 3 rings (SSSR count). The van der Waals surface area contributed by atoms with Gasteiger partial charge in [-0.15, -0.1) is 0 Å². The summed E-state index contributed by atoms with van der Waals surface area (Å²) in [5, 5.41) is 3.40. The third kappa shape index (κ3) is 2.86. The molecule has 0 bridgehead atoms. The molecule has 3 heterocycles. The molecule has 1 aromatic rings. The molecule has 0 saturated carbocycles. The number of aryl methyl sites for hydroxylation is 1. The fourth-order valence-electron chi connectivity index (χ4n) is 2.83. The first kappa shape index (κ1) is 13.6. The van der Waals surface area contributed by atoms with Gasteiger partial charge < -0.3 is 15.0 Å². The third-order valence-electron chi connectivity index (χ3n) is 3.95. The Morgan fingerprint density at radius 2 is 2.05 bits per heavy atom. The first-order valence-electron chi connectivity index (χ1n) is 7.44. The van der Waals surface area contributed by atoms with Crippen LogP contribution in [0.2, 0.25) is 0 Å². The van der Waals surface area contributed by atoms with Crippen molar-refractivity contribution < 1.29 is 4.74 Å². The van der Waals surface area contributed by atoms with E-state index in [-0.39, 0.29) is 0 Å². The Morgan fingerprint density at radius 1 is 1.30 bits per heavy atom. The molecule has 2 saturated heterocycles. The lowest BCUT2D eigenvalue weighted by Gasteiger charge is -2.47. The molecule has 0 unspecified atom stereocenters. The molecule has 6 nitrogen and oxygen atoms in total. The average Bonchev–Trinajstić information content (AvgIpc) is 2.38. The third-order valence-corrected chi connectivity index (χ3v) is 3.95. The molecule has 2 aliphatic heterocycles. The van der Waals surface area contributed by atoms with Crippen molar-refractivity contribution in [3.8, 4) is 5.88 Å². The number of nitrogens with one attached hydrogen (secondary N) is 1. The van der Waals surface area contributed by atoms with E-state index in [4.69, 9.17) is 4.74 Å². The van der Waals surface area contributed by atoms with Gasteiger partial charge in [-0.1, -0.05) is 0 Å². The Hall–Kier alpha value is -1.40. The van der Waals surface area contributed by atoms with Crippen LogP contribution in [-0.4, -0.2) is 66.8 Å². The average molecular weight is 277 g/mol. The maximum atomic E-state index is 5.49. The van der Waals surface area contributed by atoms with Crippen molar-refractivity contribution in [2.45, 2.75) is 19.9 Å². The van der Waals surface area contributed by atoms with Crippen molar-refractivity contribution in [1.82, 2.24) is 20.2 Å². The van der Waals surface area contributed by atoms with Crippen LogP contribution in [0.25, 0.3) is 0 Å². The van der Waals surface area contributed by atoms with Crippen LogP contribution in [-0.2, 0) is 0 Å².